The van der Waals surface area contributed by atoms with Crippen molar-refractivity contribution >= 4 is 15.7 Å². The monoisotopic (exact) mass is 389 g/mol. The van der Waals surface area contributed by atoms with Gasteiger partial charge in [0.2, 0.25) is 0 Å². The van der Waals surface area contributed by atoms with Gasteiger partial charge in [0.05, 0.1) is 29.5 Å². The summed E-state index contributed by atoms with van der Waals surface area (Å²) in [5.41, 5.74) is 0.826. The largest absolute Gasteiger partial charge is 0.494 e. The molecule has 27 heavy (non-hydrogen) atoms. The predicted molar refractivity (Wildman–Crippen MR) is 98.7 cm³/mol. The molecule has 0 atom stereocenters. The maximum Gasteiger partial charge on any atom is 0.262 e. The van der Waals surface area contributed by atoms with Gasteiger partial charge < -0.3 is 9.47 Å². The number of nitrogens with zero attached hydrogens (tertiary/aromatic N) is 4. The standard InChI is InChI=1S/C17H19N5O4S/c1-3-25-14-8-9-17(26-4-2)16(11-14)19-27(23,24)15-7-5-6-13(10-15)22-12-18-20-21-22/h5-12,19H,3-4H2,1-2H3. The van der Waals surface area contributed by atoms with E-state index < -0.39 is 10.0 Å². The molecule has 1 aromatic heterocycles. The third kappa shape index (κ3) is 4.34. The van der Waals surface area contributed by atoms with Gasteiger partial charge in [-0.05, 0) is 54.6 Å². The van der Waals surface area contributed by atoms with Crippen LogP contribution in [0.25, 0.3) is 5.69 Å². The first-order valence-corrected chi connectivity index (χ1v) is 9.77. The molecule has 0 saturated heterocycles. The van der Waals surface area contributed by atoms with Crippen molar-refractivity contribution < 1.29 is 17.9 Å². The molecule has 1 N–H and O–H groups in total. The lowest BCUT2D eigenvalue weighted by Crippen LogP contribution is -2.14. The lowest BCUT2D eigenvalue weighted by molar-refractivity contribution is 0.332. The number of tetrazole rings is 1. The van der Waals surface area contributed by atoms with Crippen LogP contribution in [-0.4, -0.2) is 41.8 Å². The Bertz CT molecular complexity index is 1010. The Hall–Kier alpha value is -3.14. The molecular formula is C17H19N5O4S. The number of aromatic nitrogens is 4. The zero-order valence-corrected chi connectivity index (χ0v) is 15.7. The van der Waals surface area contributed by atoms with E-state index >= 15 is 0 Å². The maximum absolute atomic E-state index is 12.9. The van der Waals surface area contributed by atoms with Crippen LogP contribution >= 0.6 is 0 Å². The molecule has 3 aromatic rings. The van der Waals surface area contributed by atoms with Gasteiger partial charge in [0, 0.05) is 6.07 Å². The number of nitrogens with one attached hydrogen (secondary N) is 1. The van der Waals surface area contributed by atoms with Crippen LogP contribution in [0.1, 0.15) is 13.8 Å². The average Bonchev–Trinajstić information content (AvgIpc) is 3.19. The van der Waals surface area contributed by atoms with E-state index in [2.05, 4.69) is 20.2 Å². The topological polar surface area (TPSA) is 108 Å². The molecule has 0 aliphatic carbocycles. The minimum Gasteiger partial charge on any atom is -0.494 e. The van der Waals surface area contributed by atoms with Gasteiger partial charge >= 0.3 is 0 Å². The van der Waals surface area contributed by atoms with Gasteiger partial charge in [-0.2, -0.15) is 0 Å². The number of ether oxygens (including phenoxy) is 2. The van der Waals surface area contributed by atoms with Crippen molar-refractivity contribution in [1.82, 2.24) is 20.2 Å². The summed E-state index contributed by atoms with van der Waals surface area (Å²) in [5, 5.41) is 10.9. The quantitative estimate of drug-likeness (QED) is 0.629. The van der Waals surface area contributed by atoms with Gasteiger partial charge in [-0.25, -0.2) is 13.1 Å². The van der Waals surface area contributed by atoms with Crippen molar-refractivity contribution in [3.8, 4) is 17.2 Å². The third-order valence-electron chi connectivity index (χ3n) is 3.55. The van der Waals surface area contributed by atoms with E-state index in [9.17, 15) is 8.42 Å². The van der Waals surface area contributed by atoms with Crippen molar-refractivity contribution in [2.75, 3.05) is 17.9 Å². The number of benzene rings is 2. The fourth-order valence-electron chi connectivity index (χ4n) is 2.40. The summed E-state index contributed by atoms with van der Waals surface area (Å²) in [6, 6.07) is 11.3. The molecule has 0 bridgehead atoms. The summed E-state index contributed by atoms with van der Waals surface area (Å²) in [6.45, 7) is 4.54. The summed E-state index contributed by atoms with van der Waals surface area (Å²) in [7, 11) is -3.87. The lowest BCUT2D eigenvalue weighted by Gasteiger charge is -2.15. The minimum absolute atomic E-state index is 0.0692. The number of sulfonamides is 1. The first-order chi connectivity index (χ1) is 13.0. The Morgan fingerprint density at radius 3 is 2.59 bits per heavy atom. The third-order valence-corrected chi connectivity index (χ3v) is 4.91. The van der Waals surface area contributed by atoms with Gasteiger partial charge in [0.1, 0.15) is 17.8 Å². The van der Waals surface area contributed by atoms with E-state index in [0.717, 1.165) is 0 Å². The highest BCUT2D eigenvalue weighted by Crippen LogP contribution is 2.31. The van der Waals surface area contributed by atoms with Gasteiger partial charge in [-0.15, -0.1) is 5.10 Å². The van der Waals surface area contributed by atoms with E-state index in [4.69, 9.17) is 9.47 Å². The molecular weight excluding hydrogens is 370 g/mol. The van der Waals surface area contributed by atoms with E-state index in [1.165, 1.54) is 23.1 Å². The summed E-state index contributed by atoms with van der Waals surface area (Å²) < 4.78 is 40.7. The van der Waals surface area contributed by atoms with Crippen LogP contribution in [0.4, 0.5) is 5.69 Å². The second-order valence-electron chi connectivity index (χ2n) is 5.38. The van der Waals surface area contributed by atoms with Crippen molar-refractivity contribution in [2.24, 2.45) is 0 Å². The molecule has 2 aromatic carbocycles. The summed E-state index contributed by atoms with van der Waals surface area (Å²) in [6.07, 6.45) is 1.39. The van der Waals surface area contributed by atoms with Crippen LogP contribution in [0.15, 0.2) is 53.7 Å². The van der Waals surface area contributed by atoms with E-state index in [0.29, 0.717) is 36.1 Å². The number of hydrogen-bond acceptors (Lipinski definition) is 7. The Balaban J connectivity index is 1.94. The highest BCUT2D eigenvalue weighted by Gasteiger charge is 2.18. The highest BCUT2D eigenvalue weighted by atomic mass is 32.2. The average molecular weight is 389 g/mol. The molecule has 0 saturated carbocycles. The molecule has 0 aliphatic heterocycles. The molecule has 9 nitrogen and oxygen atoms in total. The summed E-state index contributed by atoms with van der Waals surface area (Å²) in [4.78, 5) is 0.0692. The van der Waals surface area contributed by atoms with Gasteiger partial charge in [-0.1, -0.05) is 6.07 Å². The van der Waals surface area contributed by atoms with Crippen LogP contribution in [0.3, 0.4) is 0 Å². The van der Waals surface area contributed by atoms with Crippen LogP contribution < -0.4 is 14.2 Å². The van der Waals surface area contributed by atoms with Crippen molar-refractivity contribution in [2.45, 2.75) is 18.7 Å². The first-order valence-electron chi connectivity index (χ1n) is 8.29. The Labute approximate surface area is 157 Å². The fraction of sp³-hybridized carbons (Fsp3) is 0.235. The van der Waals surface area contributed by atoms with Crippen LogP contribution in [0, 0.1) is 0 Å². The molecule has 0 fully saturated rings. The number of anilines is 1. The molecule has 0 amide bonds. The van der Waals surface area contributed by atoms with Crippen molar-refractivity contribution in [3.05, 3.63) is 48.8 Å². The zero-order valence-electron chi connectivity index (χ0n) is 14.9. The van der Waals surface area contributed by atoms with Crippen LogP contribution in [0.2, 0.25) is 0 Å². The number of rotatable bonds is 8. The van der Waals surface area contributed by atoms with E-state index in [1.54, 1.807) is 30.3 Å². The second kappa shape index (κ2) is 8.04. The highest BCUT2D eigenvalue weighted by molar-refractivity contribution is 7.92. The van der Waals surface area contributed by atoms with Crippen LogP contribution in [-0.2, 0) is 10.0 Å². The van der Waals surface area contributed by atoms with E-state index in [-0.39, 0.29) is 4.90 Å². The fourth-order valence-corrected chi connectivity index (χ4v) is 3.50. The molecule has 0 aliphatic rings. The maximum atomic E-state index is 12.9. The van der Waals surface area contributed by atoms with Gasteiger partial charge in [0.15, 0.2) is 0 Å². The van der Waals surface area contributed by atoms with Crippen molar-refractivity contribution in [3.63, 3.8) is 0 Å². The SMILES string of the molecule is CCOc1ccc(OCC)c(NS(=O)(=O)c2cccc(-n3cnnn3)c2)c1. The summed E-state index contributed by atoms with van der Waals surface area (Å²) in [5.74, 6) is 0.960. The van der Waals surface area contributed by atoms with Crippen LogP contribution in [0.5, 0.6) is 11.5 Å². The zero-order chi connectivity index (χ0) is 19.3. The van der Waals surface area contributed by atoms with Gasteiger partial charge in [0.25, 0.3) is 10.0 Å². The second-order valence-corrected chi connectivity index (χ2v) is 7.06. The van der Waals surface area contributed by atoms with E-state index in [1.807, 2.05) is 13.8 Å². The Morgan fingerprint density at radius 2 is 1.89 bits per heavy atom. The Kier molecular flexibility index (Phi) is 5.55. The number of hydrogen-bond donors (Lipinski definition) is 1. The Morgan fingerprint density at radius 1 is 1.07 bits per heavy atom. The molecule has 0 spiro atoms. The lowest BCUT2D eigenvalue weighted by atomic mass is 10.3. The van der Waals surface area contributed by atoms with Gasteiger partial charge in [-0.3, -0.25) is 4.72 Å². The molecule has 3 rings (SSSR count). The first kappa shape index (κ1) is 18.6. The van der Waals surface area contributed by atoms with Crippen molar-refractivity contribution in [1.29, 1.82) is 0 Å². The smallest absolute Gasteiger partial charge is 0.262 e. The predicted octanol–water partition coefficient (Wildman–Crippen LogP) is 2.26. The molecule has 10 heteroatoms. The molecule has 0 unspecified atom stereocenters. The molecule has 0 radical (unpaired) electrons. The summed E-state index contributed by atoms with van der Waals surface area (Å²) >= 11 is 0. The minimum atomic E-state index is -3.87. The molecule has 142 valence electrons. The molecule has 1 heterocycles. The normalized spacial score (nSPS) is 11.2.